The van der Waals surface area contributed by atoms with Crippen molar-refractivity contribution in [3.8, 4) is 5.75 Å². The monoisotopic (exact) mass is 449 g/mol. The number of nitrogens with zero attached hydrogens (tertiary/aromatic N) is 1. The molecule has 0 radical (unpaired) electrons. The maximum Gasteiger partial charge on any atom is 0.257 e. The van der Waals surface area contributed by atoms with Crippen molar-refractivity contribution < 1.29 is 15.0 Å². The Bertz CT molecular complexity index is 1220. The number of carbonyl (C=O) groups excluding carboxylic acids is 1. The highest BCUT2D eigenvalue weighted by molar-refractivity contribution is 5.99. The van der Waals surface area contributed by atoms with Crippen LogP contribution in [0.4, 0.5) is 17.1 Å². The van der Waals surface area contributed by atoms with Crippen LogP contribution in [0.1, 0.15) is 35.7 Å². The summed E-state index contributed by atoms with van der Waals surface area (Å²) in [5, 5.41) is 26.4. The first kappa shape index (κ1) is 22.5. The number of carbonyl (C=O) groups is 1. The normalized spacial score (nSPS) is 16.7. The Morgan fingerprint density at radius 3 is 2.48 bits per heavy atom. The molecule has 1 aliphatic rings. The molecule has 0 aromatic heterocycles. The highest BCUT2D eigenvalue weighted by atomic mass is 16.3. The number of amides is 1. The van der Waals surface area contributed by atoms with Crippen molar-refractivity contribution in [3.05, 3.63) is 80.1 Å². The van der Waals surface area contributed by atoms with Crippen LogP contribution < -0.4 is 21.5 Å². The maximum absolute atomic E-state index is 12.8. The summed E-state index contributed by atoms with van der Waals surface area (Å²) in [6.07, 6.45) is 1.35. The van der Waals surface area contributed by atoms with Gasteiger partial charge in [0.05, 0.1) is 17.4 Å². The van der Waals surface area contributed by atoms with Gasteiger partial charge in [0.2, 0.25) is 0 Å². The molecule has 0 spiro atoms. The molecule has 3 aromatic carbocycles. The molecule has 1 heterocycles. The van der Waals surface area contributed by atoms with Crippen LogP contribution >= 0.6 is 0 Å². The summed E-state index contributed by atoms with van der Waals surface area (Å²) in [4.78, 5) is 38.8. The zero-order valence-electron chi connectivity index (χ0n) is 18.4. The molecule has 0 unspecified atom stereocenters. The van der Waals surface area contributed by atoms with Crippen molar-refractivity contribution in [1.29, 1.82) is 0 Å². The summed E-state index contributed by atoms with van der Waals surface area (Å²) in [6, 6.07) is 14.4. The molecular weight excluding hydrogens is 422 g/mol. The molecule has 4 rings (SSSR count). The second-order valence-corrected chi connectivity index (χ2v) is 8.37. The van der Waals surface area contributed by atoms with E-state index in [-0.39, 0.29) is 41.0 Å². The predicted molar refractivity (Wildman–Crippen MR) is 127 cm³/mol. The number of aliphatic hydroxyl groups excluding tert-OH is 1. The lowest BCUT2D eigenvalue weighted by atomic mass is 10.0. The Morgan fingerprint density at radius 2 is 1.82 bits per heavy atom. The fraction of sp³-hybridized carbons (Fsp3) is 0.320. The van der Waals surface area contributed by atoms with Gasteiger partial charge >= 0.3 is 0 Å². The molecule has 1 amide bonds. The van der Waals surface area contributed by atoms with Crippen LogP contribution in [0.15, 0.2) is 58.1 Å². The standard InChI is InChI=1S/C25H27N3O5/c1-2-16(13-15-7-4-3-5-8-15)26-20-21(24(32)23(20)31)27-19-10-6-9-18(22(19)30)25(33)28-12-11-17(29)14-28/h3-10,16-17,26-27,29-30H,2,11-14H2,1H3/t16-,17+/m1/s1. The van der Waals surface area contributed by atoms with Gasteiger partial charge in [-0.1, -0.05) is 43.3 Å². The number of nitrogens with one attached hydrogen (secondary N) is 2. The number of phenolic OH excluding ortho intramolecular Hbond substituents is 1. The average Bonchev–Trinajstić information content (AvgIpc) is 3.27. The van der Waals surface area contributed by atoms with Crippen LogP contribution in [0.25, 0.3) is 0 Å². The topological polar surface area (TPSA) is 119 Å². The van der Waals surface area contributed by atoms with E-state index < -0.39 is 22.9 Å². The molecule has 172 valence electrons. The first-order valence-corrected chi connectivity index (χ1v) is 11.1. The van der Waals surface area contributed by atoms with Crippen molar-refractivity contribution >= 4 is 23.0 Å². The summed E-state index contributed by atoms with van der Waals surface area (Å²) >= 11 is 0. The number of benzene rings is 2. The third kappa shape index (κ3) is 4.61. The Hall–Kier alpha value is -3.65. The van der Waals surface area contributed by atoms with E-state index in [2.05, 4.69) is 10.6 Å². The molecule has 3 aromatic rings. The van der Waals surface area contributed by atoms with E-state index in [1.54, 1.807) is 6.07 Å². The van der Waals surface area contributed by atoms with Gasteiger partial charge < -0.3 is 25.7 Å². The quantitative estimate of drug-likeness (QED) is 0.308. The molecule has 8 heteroatoms. The smallest absolute Gasteiger partial charge is 0.257 e. The minimum absolute atomic E-state index is 0.0562. The second-order valence-electron chi connectivity index (χ2n) is 8.37. The third-order valence-electron chi connectivity index (χ3n) is 6.05. The summed E-state index contributed by atoms with van der Waals surface area (Å²) < 4.78 is 0. The molecule has 33 heavy (non-hydrogen) atoms. The second kappa shape index (κ2) is 9.46. The molecule has 4 N–H and O–H groups in total. The van der Waals surface area contributed by atoms with Gasteiger partial charge in [-0.05, 0) is 37.0 Å². The lowest BCUT2D eigenvalue weighted by Crippen LogP contribution is -2.39. The van der Waals surface area contributed by atoms with Gasteiger partial charge in [-0.2, -0.15) is 0 Å². The van der Waals surface area contributed by atoms with Crippen molar-refractivity contribution in [2.24, 2.45) is 0 Å². The molecule has 0 aliphatic carbocycles. The number of anilines is 3. The highest BCUT2D eigenvalue weighted by Crippen LogP contribution is 2.33. The molecule has 1 saturated heterocycles. The fourth-order valence-electron chi connectivity index (χ4n) is 4.10. The minimum atomic E-state index is -0.675. The summed E-state index contributed by atoms with van der Waals surface area (Å²) in [6.45, 7) is 2.61. The molecule has 2 atom stereocenters. The van der Waals surface area contributed by atoms with E-state index in [9.17, 15) is 24.6 Å². The van der Waals surface area contributed by atoms with Crippen molar-refractivity contribution in [2.75, 3.05) is 23.7 Å². The lowest BCUT2D eigenvalue weighted by molar-refractivity contribution is 0.0762. The Kier molecular flexibility index (Phi) is 6.46. The molecule has 1 aliphatic heterocycles. The number of β-amino-alcohol motifs (C(OH)–C–C–N with tert-alkyl or cyclic N) is 1. The summed E-state index contributed by atoms with van der Waals surface area (Å²) in [7, 11) is 0. The van der Waals surface area contributed by atoms with Gasteiger partial charge in [-0.25, -0.2) is 0 Å². The minimum Gasteiger partial charge on any atom is -0.505 e. The number of hydrogen-bond donors (Lipinski definition) is 4. The van der Waals surface area contributed by atoms with E-state index in [1.165, 1.54) is 17.0 Å². The highest BCUT2D eigenvalue weighted by Gasteiger charge is 2.29. The van der Waals surface area contributed by atoms with E-state index in [1.807, 2.05) is 37.3 Å². The van der Waals surface area contributed by atoms with Crippen LogP contribution in [-0.4, -0.2) is 46.3 Å². The van der Waals surface area contributed by atoms with Crippen LogP contribution in [0.3, 0.4) is 0 Å². The van der Waals surface area contributed by atoms with Gasteiger partial charge in [-0.3, -0.25) is 14.4 Å². The van der Waals surface area contributed by atoms with Crippen LogP contribution in [0.2, 0.25) is 0 Å². The number of phenols is 1. The van der Waals surface area contributed by atoms with Crippen molar-refractivity contribution in [3.63, 3.8) is 0 Å². The Morgan fingerprint density at radius 1 is 1.09 bits per heavy atom. The maximum atomic E-state index is 12.8. The van der Waals surface area contributed by atoms with Crippen LogP contribution in [0, 0.1) is 0 Å². The van der Waals surface area contributed by atoms with Gasteiger partial charge in [0.25, 0.3) is 16.8 Å². The van der Waals surface area contributed by atoms with Crippen LogP contribution in [0.5, 0.6) is 5.75 Å². The molecule has 0 bridgehead atoms. The molecule has 8 nitrogen and oxygen atoms in total. The first-order chi connectivity index (χ1) is 15.9. The number of aromatic hydroxyl groups is 1. The van der Waals surface area contributed by atoms with E-state index in [0.29, 0.717) is 19.4 Å². The van der Waals surface area contributed by atoms with Crippen LogP contribution in [-0.2, 0) is 6.42 Å². The summed E-state index contributed by atoms with van der Waals surface area (Å²) in [5.41, 5.74) is 0.308. The van der Waals surface area contributed by atoms with Gasteiger partial charge in [0.15, 0.2) is 5.75 Å². The number of likely N-dealkylation sites (tertiary alicyclic amines) is 1. The largest absolute Gasteiger partial charge is 0.505 e. The third-order valence-corrected chi connectivity index (χ3v) is 6.05. The van der Waals surface area contributed by atoms with Crippen molar-refractivity contribution in [1.82, 2.24) is 4.90 Å². The van der Waals surface area contributed by atoms with E-state index >= 15 is 0 Å². The first-order valence-electron chi connectivity index (χ1n) is 11.1. The molecule has 1 fully saturated rings. The summed E-state index contributed by atoms with van der Waals surface area (Å²) in [5.74, 6) is -0.704. The molecular formula is C25H27N3O5. The van der Waals surface area contributed by atoms with E-state index in [0.717, 1.165) is 12.0 Å². The van der Waals surface area contributed by atoms with Gasteiger partial charge in [0, 0.05) is 19.1 Å². The predicted octanol–water partition coefficient (Wildman–Crippen LogP) is 2.37. The van der Waals surface area contributed by atoms with Gasteiger partial charge in [-0.15, -0.1) is 0 Å². The van der Waals surface area contributed by atoms with Crippen molar-refractivity contribution in [2.45, 2.75) is 38.3 Å². The molecule has 0 saturated carbocycles. The van der Waals surface area contributed by atoms with E-state index in [4.69, 9.17) is 0 Å². The Labute approximate surface area is 191 Å². The zero-order chi connectivity index (χ0) is 23.5. The fourth-order valence-corrected chi connectivity index (χ4v) is 4.10. The number of hydrogen-bond acceptors (Lipinski definition) is 7. The average molecular weight is 450 g/mol. The number of aliphatic hydroxyl groups is 1. The SMILES string of the molecule is CC[C@H](Cc1ccccc1)Nc1c(Nc2cccc(C(=O)N3CC[C@H](O)C3)c2O)c(=O)c1=O. The Balaban J connectivity index is 1.53. The van der Waals surface area contributed by atoms with Gasteiger partial charge in [0.1, 0.15) is 11.4 Å². The lowest BCUT2D eigenvalue weighted by Gasteiger charge is -2.22. The zero-order valence-corrected chi connectivity index (χ0v) is 18.4. The number of rotatable bonds is 8. The number of para-hydroxylation sites is 1.